The summed E-state index contributed by atoms with van der Waals surface area (Å²) in [6.07, 6.45) is 2.43. The molecule has 0 radical (unpaired) electrons. The molecule has 0 saturated carbocycles. The minimum atomic E-state index is -0.125. The maximum atomic E-state index is 12.6. The number of rotatable bonds is 5. The molecule has 2 amide bonds. The molecule has 3 rings (SSSR count). The van der Waals surface area contributed by atoms with Gasteiger partial charge in [0.1, 0.15) is 11.4 Å². The monoisotopic (exact) mass is 340 g/mol. The molecule has 1 saturated heterocycles. The van der Waals surface area contributed by atoms with Gasteiger partial charge in [-0.05, 0) is 24.3 Å². The minimum Gasteiger partial charge on any atom is -0.497 e. The number of carbonyl (C=O) groups is 2. The van der Waals surface area contributed by atoms with E-state index in [-0.39, 0.29) is 5.91 Å². The number of aromatic nitrogens is 1. The predicted molar refractivity (Wildman–Crippen MR) is 94.1 cm³/mol. The van der Waals surface area contributed by atoms with Crippen molar-refractivity contribution in [3.8, 4) is 5.75 Å². The molecular formula is C18H20N4O3. The molecule has 25 heavy (non-hydrogen) atoms. The predicted octanol–water partition coefficient (Wildman–Crippen LogP) is 1.75. The van der Waals surface area contributed by atoms with E-state index in [9.17, 15) is 9.59 Å². The number of nitrogens with zero attached hydrogens (tertiary/aromatic N) is 3. The van der Waals surface area contributed by atoms with Crippen molar-refractivity contribution < 1.29 is 14.3 Å². The van der Waals surface area contributed by atoms with Gasteiger partial charge in [-0.15, -0.1) is 0 Å². The Hall–Kier alpha value is -3.09. The number of methoxy groups -OCH3 is 1. The van der Waals surface area contributed by atoms with Gasteiger partial charge in [0.25, 0.3) is 5.91 Å². The largest absolute Gasteiger partial charge is 0.497 e. The molecule has 1 N–H and O–H groups in total. The van der Waals surface area contributed by atoms with Gasteiger partial charge in [-0.1, -0.05) is 6.07 Å². The van der Waals surface area contributed by atoms with Crippen molar-refractivity contribution in [2.24, 2.45) is 0 Å². The number of pyridine rings is 1. The molecule has 0 atom stereocenters. The summed E-state index contributed by atoms with van der Waals surface area (Å²) in [5.41, 5.74) is 2.02. The topological polar surface area (TPSA) is 74.8 Å². The van der Waals surface area contributed by atoms with E-state index in [4.69, 9.17) is 4.74 Å². The summed E-state index contributed by atoms with van der Waals surface area (Å²) in [7, 11) is 1.62. The Morgan fingerprint density at radius 3 is 2.64 bits per heavy atom. The molecule has 0 bridgehead atoms. The van der Waals surface area contributed by atoms with Gasteiger partial charge in [0.05, 0.1) is 7.11 Å². The molecule has 1 aromatic heterocycles. The number of piperazine rings is 1. The van der Waals surface area contributed by atoms with Gasteiger partial charge in [-0.2, -0.15) is 0 Å². The van der Waals surface area contributed by atoms with Crippen LogP contribution in [0.4, 0.5) is 11.4 Å². The molecule has 130 valence electrons. The first-order chi connectivity index (χ1) is 12.2. The van der Waals surface area contributed by atoms with Gasteiger partial charge >= 0.3 is 0 Å². The number of carbonyl (C=O) groups excluding carboxylic acids is 2. The molecule has 7 heteroatoms. The first-order valence-corrected chi connectivity index (χ1v) is 8.05. The molecular weight excluding hydrogens is 320 g/mol. The van der Waals surface area contributed by atoms with E-state index in [0.29, 0.717) is 31.9 Å². The first kappa shape index (κ1) is 16.8. The van der Waals surface area contributed by atoms with E-state index in [1.165, 1.54) is 0 Å². The van der Waals surface area contributed by atoms with Gasteiger partial charge < -0.3 is 19.9 Å². The van der Waals surface area contributed by atoms with E-state index in [0.717, 1.165) is 23.5 Å². The molecule has 1 aliphatic heterocycles. The molecule has 1 aromatic carbocycles. The SMILES string of the molecule is COc1cccc(Nc2ccnc(C(=O)N3CCN(C=O)CC3)c2)c1. The third-order valence-electron chi connectivity index (χ3n) is 4.09. The fourth-order valence-corrected chi connectivity index (χ4v) is 2.69. The van der Waals surface area contributed by atoms with Gasteiger partial charge in [0.2, 0.25) is 6.41 Å². The standard InChI is InChI=1S/C18H20N4O3/c1-25-16-4-2-3-14(11-16)20-15-5-6-19-17(12-15)18(24)22-9-7-21(13-23)8-10-22/h2-6,11-13H,7-10H2,1H3,(H,19,20). The summed E-state index contributed by atoms with van der Waals surface area (Å²) in [5, 5.41) is 3.25. The zero-order valence-corrected chi connectivity index (χ0v) is 14.0. The van der Waals surface area contributed by atoms with E-state index in [2.05, 4.69) is 10.3 Å². The summed E-state index contributed by atoms with van der Waals surface area (Å²) < 4.78 is 5.21. The maximum absolute atomic E-state index is 12.6. The Morgan fingerprint density at radius 1 is 1.16 bits per heavy atom. The van der Waals surface area contributed by atoms with Crippen LogP contribution >= 0.6 is 0 Å². The maximum Gasteiger partial charge on any atom is 0.272 e. The summed E-state index contributed by atoms with van der Waals surface area (Å²) in [6, 6.07) is 11.1. The zero-order valence-electron chi connectivity index (χ0n) is 14.0. The van der Waals surface area contributed by atoms with Gasteiger partial charge in [-0.3, -0.25) is 14.6 Å². The zero-order chi connectivity index (χ0) is 17.6. The molecule has 7 nitrogen and oxygen atoms in total. The van der Waals surface area contributed by atoms with E-state index in [1.54, 1.807) is 35.2 Å². The Balaban J connectivity index is 1.70. The van der Waals surface area contributed by atoms with Crippen LogP contribution in [0.25, 0.3) is 0 Å². The summed E-state index contributed by atoms with van der Waals surface area (Å²) in [5.74, 6) is 0.628. The summed E-state index contributed by atoms with van der Waals surface area (Å²) >= 11 is 0. The molecule has 1 aliphatic rings. The van der Waals surface area contributed by atoms with Crippen LogP contribution in [0, 0.1) is 0 Å². The van der Waals surface area contributed by atoms with Crippen molar-refractivity contribution in [3.63, 3.8) is 0 Å². The van der Waals surface area contributed by atoms with E-state index < -0.39 is 0 Å². The molecule has 0 aliphatic carbocycles. The molecule has 1 fully saturated rings. The second kappa shape index (κ2) is 7.65. The highest BCUT2D eigenvalue weighted by atomic mass is 16.5. The van der Waals surface area contributed by atoms with Crippen molar-refractivity contribution >= 4 is 23.7 Å². The number of benzene rings is 1. The van der Waals surface area contributed by atoms with E-state index in [1.807, 2.05) is 24.3 Å². The lowest BCUT2D eigenvalue weighted by Gasteiger charge is -2.32. The Morgan fingerprint density at radius 2 is 1.92 bits per heavy atom. The number of anilines is 2. The number of hydrogen-bond acceptors (Lipinski definition) is 5. The average molecular weight is 340 g/mol. The van der Waals surface area contributed by atoms with Crippen LogP contribution < -0.4 is 10.1 Å². The summed E-state index contributed by atoms with van der Waals surface area (Å²) in [4.78, 5) is 30.9. The van der Waals surface area contributed by atoms with Crippen molar-refractivity contribution in [3.05, 3.63) is 48.3 Å². The summed E-state index contributed by atoms with van der Waals surface area (Å²) in [6.45, 7) is 2.15. The van der Waals surface area contributed by atoms with E-state index >= 15 is 0 Å². The third kappa shape index (κ3) is 4.06. The van der Waals surface area contributed by atoms with Crippen LogP contribution in [-0.2, 0) is 4.79 Å². The fraction of sp³-hybridized carbons (Fsp3) is 0.278. The number of amides is 2. The number of ether oxygens (including phenoxy) is 1. The average Bonchev–Trinajstić information content (AvgIpc) is 2.68. The highest BCUT2D eigenvalue weighted by molar-refractivity contribution is 5.93. The first-order valence-electron chi connectivity index (χ1n) is 8.05. The Labute approximate surface area is 146 Å². The van der Waals surface area contributed by atoms with Gasteiger partial charge in [-0.25, -0.2) is 0 Å². The van der Waals surface area contributed by atoms with Crippen LogP contribution in [0.5, 0.6) is 5.75 Å². The lowest BCUT2D eigenvalue weighted by molar-refractivity contribution is -0.119. The van der Waals surface area contributed by atoms with Crippen molar-refractivity contribution in [1.29, 1.82) is 0 Å². The van der Waals surface area contributed by atoms with Crippen molar-refractivity contribution in [2.75, 3.05) is 38.6 Å². The quantitative estimate of drug-likeness (QED) is 0.840. The Bertz CT molecular complexity index is 757. The highest BCUT2D eigenvalue weighted by Crippen LogP contribution is 2.21. The number of nitrogens with one attached hydrogen (secondary N) is 1. The van der Waals surface area contributed by atoms with Gasteiger partial charge in [0.15, 0.2) is 0 Å². The second-order valence-electron chi connectivity index (χ2n) is 5.72. The van der Waals surface area contributed by atoms with Crippen LogP contribution in [0.1, 0.15) is 10.5 Å². The third-order valence-corrected chi connectivity index (χ3v) is 4.09. The second-order valence-corrected chi connectivity index (χ2v) is 5.72. The Kier molecular flexibility index (Phi) is 5.13. The van der Waals surface area contributed by atoms with Crippen molar-refractivity contribution in [1.82, 2.24) is 14.8 Å². The van der Waals surface area contributed by atoms with Crippen molar-refractivity contribution in [2.45, 2.75) is 0 Å². The minimum absolute atomic E-state index is 0.125. The van der Waals surface area contributed by atoms with Crippen LogP contribution in [0.15, 0.2) is 42.6 Å². The lowest BCUT2D eigenvalue weighted by atomic mass is 10.2. The van der Waals surface area contributed by atoms with Crippen LogP contribution in [0.3, 0.4) is 0 Å². The smallest absolute Gasteiger partial charge is 0.272 e. The number of hydrogen-bond donors (Lipinski definition) is 1. The molecule has 0 unspecified atom stereocenters. The lowest BCUT2D eigenvalue weighted by Crippen LogP contribution is -2.48. The fourth-order valence-electron chi connectivity index (χ4n) is 2.69. The van der Waals surface area contributed by atoms with Gasteiger partial charge in [0, 0.05) is 49.8 Å². The molecule has 0 spiro atoms. The normalized spacial score (nSPS) is 14.1. The molecule has 2 heterocycles. The molecule has 2 aromatic rings. The van der Waals surface area contributed by atoms with Crippen LogP contribution in [-0.4, -0.2) is 60.4 Å². The van der Waals surface area contributed by atoms with Crippen LogP contribution in [0.2, 0.25) is 0 Å². The highest BCUT2D eigenvalue weighted by Gasteiger charge is 2.22.